The third-order valence-corrected chi connectivity index (χ3v) is 4.44. The molecule has 1 aliphatic carbocycles. The number of aliphatic hydroxyl groups excluding tert-OH is 1. The summed E-state index contributed by atoms with van der Waals surface area (Å²) in [5.74, 6) is -1.02. The molecule has 0 heterocycles. The van der Waals surface area contributed by atoms with Crippen molar-refractivity contribution in [2.45, 2.75) is 44.6 Å². The summed E-state index contributed by atoms with van der Waals surface area (Å²) in [6.45, 7) is 4.52. The molecular weight excluding hydrogens is 302 g/mol. The Morgan fingerprint density at radius 2 is 2.00 bits per heavy atom. The van der Waals surface area contributed by atoms with Gasteiger partial charge < -0.3 is 15.7 Å². The smallest absolute Gasteiger partial charge is 0.314 e. The van der Waals surface area contributed by atoms with Crippen LogP contribution in [0.25, 0.3) is 0 Å². The van der Waals surface area contributed by atoms with Crippen LogP contribution in [0.15, 0.2) is 18.2 Å². The van der Waals surface area contributed by atoms with Crippen LogP contribution in [0.1, 0.15) is 38.7 Å². The second-order valence-electron chi connectivity index (χ2n) is 6.61. The zero-order chi connectivity index (χ0) is 17.0. The molecule has 0 radical (unpaired) electrons. The van der Waals surface area contributed by atoms with Gasteiger partial charge in [0.1, 0.15) is 11.6 Å². The van der Waals surface area contributed by atoms with E-state index in [2.05, 4.69) is 10.6 Å². The molecule has 6 heteroatoms. The molecule has 0 bridgehead atoms. The highest BCUT2D eigenvalue weighted by Gasteiger charge is 2.46. The summed E-state index contributed by atoms with van der Waals surface area (Å²) in [6, 6.07) is 3.24. The molecule has 1 aliphatic rings. The number of halogens is 2. The zero-order valence-electron chi connectivity index (χ0n) is 13.5. The number of rotatable bonds is 7. The van der Waals surface area contributed by atoms with E-state index < -0.39 is 23.2 Å². The van der Waals surface area contributed by atoms with E-state index in [9.17, 15) is 18.7 Å². The Morgan fingerprint density at radius 1 is 1.30 bits per heavy atom. The maximum atomic E-state index is 13.9. The normalized spacial score (nSPS) is 17.0. The summed E-state index contributed by atoms with van der Waals surface area (Å²) in [5.41, 5.74) is 0.0291. The third-order valence-electron chi connectivity index (χ3n) is 4.44. The molecule has 1 aromatic rings. The molecule has 1 fully saturated rings. The van der Waals surface area contributed by atoms with Crippen LogP contribution in [-0.2, 0) is 5.41 Å². The maximum absolute atomic E-state index is 13.9. The second-order valence-corrected chi connectivity index (χ2v) is 6.61. The number of carbonyl (C=O) groups excluding carboxylic acids is 1. The summed E-state index contributed by atoms with van der Waals surface area (Å²) in [4.78, 5) is 11.8. The molecule has 2 amide bonds. The van der Waals surface area contributed by atoms with E-state index in [0.29, 0.717) is 25.1 Å². The van der Waals surface area contributed by atoms with Gasteiger partial charge in [0.25, 0.3) is 0 Å². The van der Waals surface area contributed by atoms with E-state index in [-0.39, 0.29) is 11.9 Å². The highest BCUT2D eigenvalue weighted by atomic mass is 19.1. The van der Waals surface area contributed by atoms with Crippen LogP contribution in [0.3, 0.4) is 0 Å². The van der Waals surface area contributed by atoms with Crippen molar-refractivity contribution in [1.82, 2.24) is 10.6 Å². The minimum absolute atomic E-state index is 0.149. The average molecular weight is 326 g/mol. The van der Waals surface area contributed by atoms with Crippen LogP contribution < -0.4 is 10.6 Å². The molecule has 1 saturated carbocycles. The predicted molar refractivity (Wildman–Crippen MR) is 84.1 cm³/mol. The summed E-state index contributed by atoms with van der Waals surface area (Å²) >= 11 is 0. The quantitative estimate of drug-likeness (QED) is 0.721. The lowest BCUT2D eigenvalue weighted by Gasteiger charge is -2.18. The van der Waals surface area contributed by atoms with E-state index in [1.807, 2.05) is 13.8 Å². The van der Waals surface area contributed by atoms with Crippen molar-refractivity contribution < 1.29 is 18.7 Å². The Balaban J connectivity index is 1.80. The molecule has 1 aromatic carbocycles. The van der Waals surface area contributed by atoms with Crippen molar-refractivity contribution in [1.29, 1.82) is 0 Å². The fourth-order valence-corrected chi connectivity index (χ4v) is 2.59. The number of hydrogen-bond acceptors (Lipinski definition) is 2. The molecule has 0 aliphatic heterocycles. The number of urea groups is 1. The third kappa shape index (κ3) is 4.64. The average Bonchev–Trinajstić information content (AvgIpc) is 3.25. The monoisotopic (exact) mass is 326 g/mol. The molecule has 23 heavy (non-hydrogen) atoms. The Labute approximate surface area is 135 Å². The first kappa shape index (κ1) is 17.7. The van der Waals surface area contributed by atoms with Crippen LogP contribution in [0.2, 0.25) is 0 Å². The number of hydrogen-bond donors (Lipinski definition) is 3. The lowest BCUT2D eigenvalue weighted by atomic mass is 9.95. The highest BCUT2D eigenvalue weighted by molar-refractivity contribution is 5.74. The number of benzene rings is 1. The number of aliphatic hydroxyl groups is 1. The van der Waals surface area contributed by atoms with E-state index >= 15 is 0 Å². The van der Waals surface area contributed by atoms with Crippen molar-refractivity contribution in [2.24, 2.45) is 5.92 Å². The maximum Gasteiger partial charge on any atom is 0.314 e. The number of carbonyl (C=O) groups is 1. The second kappa shape index (κ2) is 7.25. The van der Waals surface area contributed by atoms with Gasteiger partial charge in [0.05, 0.1) is 6.10 Å². The molecule has 1 unspecified atom stereocenters. The first-order valence-electron chi connectivity index (χ1n) is 7.99. The van der Waals surface area contributed by atoms with Crippen LogP contribution in [0, 0.1) is 17.6 Å². The van der Waals surface area contributed by atoms with Crippen molar-refractivity contribution in [3.05, 3.63) is 35.4 Å². The van der Waals surface area contributed by atoms with Gasteiger partial charge >= 0.3 is 6.03 Å². The molecule has 2 rings (SSSR count). The predicted octanol–water partition coefficient (Wildman–Crippen LogP) is 2.70. The van der Waals surface area contributed by atoms with E-state index in [0.717, 1.165) is 18.9 Å². The van der Waals surface area contributed by atoms with Crippen molar-refractivity contribution in [2.75, 3.05) is 13.1 Å². The minimum Gasteiger partial charge on any atom is -0.393 e. The lowest BCUT2D eigenvalue weighted by molar-refractivity contribution is 0.116. The number of amides is 2. The molecule has 0 saturated heterocycles. The van der Waals surface area contributed by atoms with Gasteiger partial charge in [-0.3, -0.25) is 0 Å². The molecule has 3 N–H and O–H groups in total. The van der Waals surface area contributed by atoms with Gasteiger partial charge in [0.15, 0.2) is 0 Å². The fourth-order valence-electron chi connectivity index (χ4n) is 2.59. The van der Waals surface area contributed by atoms with Crippen LogP contribution in [-0.4, -0.2) is 30.3 Å². The van der Waals surface area contributed by atoms with Gasteiger partial charge in [-0.2, -0.15) is 0 Å². The lowest BCUT2D eigenvalue weighted by Crippen LogP contribution is -2.41. The summed E-state index contributed by atoms with van der Waals surface area (Å²) < 4.78 is 26.9. The Hall–Kier alpha value is -1.69. The summed E-state index contributed by atoms with van der Waals surface area (Å²) in [6.07, 6.45) is 1.57. The molecule has 128 valence electrons. The SMILES string of the molecule is CC(C)C(O)CCNC(=O)NCC1(c2ccc(F)cc2F)CC1. The first-order chi connectivity index (χ1) is 10.8. The highest BCUT2D eigenvalue weighted by Crippen LogP contribution is 2.48. The summed E-state index contributed by atoms with van der Waals surface area (Å²) in [7, 11) is 0. The molecule has 1 atom stereocenters. The van der Waals surface area contributed by atoms with Gasteiger partial charge in [-0.15, -0.1) is 0 Å². The topological polar surface area (TPSA) is 61.4 Å². The Bertz CT molecular complexity index is 560. The molecule has 4 nitrogen and oxygen atoms in total. The van der Waals surface area contributed by atoms with Crippen molar-refractivity contribution in [3.8, 4) is 0 Å². The first-order valence-corrected chi connectivity index (χ1v) is 7.99. The van der Waals surface area contributed by atoms with Crippen molar-refractivity contribution >= 4 is 6.03 Å². The molecule has 0 spiro atoms. The standard InChI is InChI=1S/C17H24F2N2O2/c1-11(2)15(22)5-8-20-16(23)21-10-17(6-7-17)13-4-3-12(18)9-14(13)19/h3-4,9,11,15,22H,5-8,10H2,1-2H3,(H2,20,21,23). The number of nitrogens with one attached hydrogen (secondary N) is 2. The fraction of sp³-hybridized carbons (Fsp3) is 0.588. The van der Waals surface area contributed by atoms with E-state index in [1.165, 1.54) is 12.1 Å². The van der Waals surface area contributed by atoms with E-state index in [4.69, 9.17) is 0 Å². The van der Waals surface area contributed by atoms with Crippen LogP contribution >= 0.6 is 0 Å². The van der Waals surface area contributed by atoms with Gasteiger partial charge in [-0.1, -0.05) is 19.9 Å². The van der Waals surface area contributed by atoms with Gasteiger partial charge in [0, 0.05) is 24.6 Å². The van der Waals surface area contributed by atoms with Gasteiger partial charge in [0.2, 0.25) is 0 Å². The van der Waals surface area contributed by atoms with E-state index in [1.54, 1.807) is 0 Å². The Morgan fingerprint density at radius 3 is 2.57 bits per heavy atom. The Kier molecular flexibility index (Phi) is 5.57. The zero-order valence-corrected chi connectivity index (χ0v) is 13.5. The van der Waals surface area contributed by atoms with Crippen LogP contribution in [0.4, 0.5) is 13.6 Å². The molecular formula is C17H24F2N2O2. The molecule has 0 aromatic heterocycles. The van der Waals surface area contributed by atoms with Gasteiger partial charge in [-0.25, -0.2) is 13.6 Å². The van der Waals surface area contributed by atoms with Gasteiger partial charge in [-0.05, 0) is 36.8 Å². The van der Waals surface area contributed by atoms with Crippen molar-refractivity contribution in [3.63, 3.8) is 0 Å². The van der Waals surface area contributed by atoms with Crippen LogP contribution in [0.5, 0.6) is 0 Å². The minimum atomic E-state index is -0.600. The largest absolute Gasteiger partial charge is 0.393 e. The summed E-state index contributed by atoms with van der Waals surface area (Å²) in [5, 5.41) is 15.1.